The Balaban J connectivity index is 2.00. The van der Waals surface area contributed by atoms with Gasteiger partial charge in [0.25, 0.3) is 0 Å². The Morgan fingerprint density at radius 3 is 2.45 bits per heavy atom. The second-order valence-electron chi connectivity index (χ2n) is 7.68. The summed E-state index contributed by atoms with van der Waals surface area (Å²) in [5.74, 6) is -1.42. The highest BCUT2D eigenvalue weighted by atomic mass is 32.2. The number of carbonyl (C=O) groups is 2. The molecular formula is C21H27N3O4S. The van der Waals surface area contributed by atoms with Crippen molar-refractivity contribution < 1.29 is 19.1 Å². The number of esters is 2. The Morgan fingerprint density at radius 2 is 1.86 bits per heavy atom. The number of hydrogen-bond donors (Lipinski definition) is 1. The van der Waals surface area contributed by atoms with Gasteiger partial charge in [-0.25, -0.2) is 9.59 Å². The van der Waals surface area contributed by atoms with Crippen LogP contribution in [0.1, 0.15) is 40.2 Å². The number of thioether (sulfide) groups is 1. The third-order valence-electron chi connectivity index (χ3n) is 4.58. The largest absolute Gasteiger partial charge is 0.462 e. The second-order valence-corrected chi connectivity index (χ2v) is 8.66. The molecule has 1 aromatic rings. The molecule has 29 heavy (non-hydrogen) atoms. The number of amidine groups is 1. The van der Waals surface area contributed by atoms with E-state index in [1.807, 2.05) is 0 Å². The molecule has 8 heteroatoms. The summed E-state index contributed by atoms with van der Waals surface area (Å²) in [4.78, 5) is 32.3. The smallest absolute Gasteiger partial charge is 0.347 e. The first-order chi connectivity index (χ1) is 13.8. The summed E-state index contributed by atoms with van der Waals surface area (Å²) in [5.41, 5.74) is 2.84. The maximum Gasteiger partial charge on any atom is 0.347 e. The van der Waals surface area contributed by atoms with Crippen molar-refractivity contribution in [2.45, 2.75) is 44.9 Å². The van der Waals surface area contributed by atoms with Gasteiger partial charge in [-0.3, -0.25) is 4.99 Å². The number of nitrogens with one attached hydrogen (secondary N) is 1. The average Bonchev–Trinajstić information content (AvgIpc) is 3.23. The van der Waals surface area contributed by atoms with Crippen molar-refractivity contribution in [1.82, 2.24) is 0 Å². The van der Waals surface area contributed by atoms with Gasteiger partial charge in [0.15, 0.2) is 10.7 Å². The van der Waals surface area contributed by atoms with E-state index in [1.54, 1.807) is 25.6 Å². The number of anilines is 2. The lowest BCUT2D eigenvalue weighted by Crippen LogP contribution is -2.22. The molecule has 1 N–H and O–H groups in total. The fourth-order valence-corrected chi connectivity index (χ4v) is 4.20. The number of carbonyl (C=O) groups excluding carboxylic acids is 2. The van der Waals surface area contributed by atoms with E-state index in [0.29, 0.717) is 0 Å². The van der Waals surface area contributed by atoms with Crippen LogP contribution in [-0.2, 0) is 24.5 Å². The van der Waals surface area contributed by atoms with Gasteiger partial charge in [-0.1, -0.05) is 20.8 Å². The Kier molecular flexibility index (Phi) is 6.21. The van der Waals surface area contributed by atoms with Crippen molar-refractivity contribution in [2.75, 3.05) is 36.5 Å². The van der Waals surface area contributed by atoms with Crippen molar-refractivity contribution in [3.05, 3.63) is 29.5 Å². The molecule has 156 valence electrons. The molecule has 0 atom stereocenters. The first-order valence-electron chi connectivity index (χ1n) is 9.75. The van der Waals surface area contributed by atoms with Crippen LogP contribution in [0.4, 0.5) is 11.4 Å². The van der Waals surface area contributed by atoms with Crippen LogP contribution in [0.15, 0.2) is 33.8 Å². The Labute approximate surface area is 175 Å². The molecule has 1 aromatic carbocycles. The molecule has 0 fully saturated rings. The van der Waals surface area contributed by atoms with Crippen molar-refractivity contribution in [3.8, 4) is 0 Å². The minimum Gasteiger partial charge on any atom is -0.462 e. The first kappa shape index (κ1) is 21.2. The fraction of sp³-hybridized carbons (Fsp3) is 0.476. The van der Waals surface area contributed by atoms with Gasteiger partial charge in [0, 0.05) is 12.7 Å². The quantitative estimate of drug-likeness (QED) is 0.327. The molecule has 0 saturated carbocycles. The zero-order valence-electron chi connectivity index (χ0n) is 17.5. The zero-order valence-corrected chi connectivity index (χ0v) is 18.3. The number of aliphatic imine (C=N–C) groups is 1. The highest BCUT2D eigenvalue weighted by Gasteiger charge is 2.33. The van der Waals surface area contributed by atoms with Gasteiger partial charge in [0.2, 0.25) is 0 Å². The normalized spacial score (nSPS) is 14.7. The van der Waals surface area contributed by atoms with Crippen molar-refractivity contribution >= 4 is 40.2 Å². The summed E-state index contributed by atoms with van der Waals surface area (Å²) in [5, 5.41) is 4.14. The molecule has 3 rings (SSSR count). The number of fused-ring (bicyclic) bond motifs is 3. The number of hydrogen-bond acceptors (Lipinski definition) is 8. The molecule has 7 nitrogen and oxygen atoms in total. The molecule has 2 aliphatic heterocycles. The van der Waals surface area contributed by atoms with Gasteiger partial charge in [0.05, 0.1) is 36.0 Å². The predicted molar refractivity (Wildman–Crippen MR) is 116 cm³/mol. The standard InChI is InChI=1S/C21H27N3O4S/c1-6-27-18(25)14(19(26)28-7-2)12-23-15-10-13(21(3,4)5)11-16-17(15)29-20-22-8-9-24(16)20/h10-12,23H,6-9H2,1-5H3. The summed E-state index contributed by atoms with van der Waals surface area (Å²) in [7, 11) is 0. The average molecular weight is 418 g/mol. The maximum absolute atomic E-state index is 12.2. The van der Waals surface area contributed by atoms with E-state index in [1.165, 1.54) is 6.20 Å². The monoisotopic (exact) mass is 417 g/mol. The third kappa shape index (κ3) is 4.42. The Bertz CT molecular complexity index is 867. The molecule has 0 aliphatic carbocycles. The molecule has 0 spiro atoms. The number of ether oxygens (including phenoxy) is 2. The molecule has 0 amide bonds. The number of nitrogens with zero attached hydrogens (tertiary/aromatic N) is 2. The molecule has 0 radical (unpaired) electrons. The lowest BCUT2D eigenvalue weighted by Gasteiger charge is -2.23. The lowest BCUT2D eigenvalue weighted by molar-refractivity contribution is -0.146. The Hall–Kier alpha value is -2.48. The van der Waals surface area contributed by atoms with Crippen LogP contribution in [0.3, 0.4) is 0 Å². The predicted octanol–water partition coefficient (Wildman–Crippen LogP) is 3.69. The fourth-order valence-electron chi connectivity index (χ4n) is 3.06. The van der Waals surface area contributed by atoms with Gasteiger partial charge in [-0.2, -0.15) is 0 Å². The molecule has 0 saturated heterocycles. The van der Waals surface area contributed by atoms with E-state index in [0.717, 1.165) is 40.1 Å². The SMILES string of the molecule is CCOC(=O)C(=CNc1cc(C(C)(C)C)cc2c1SC1=NCCN12)C(=O)OCC. The van der Waals surface area contributed by atoms with Crippen LogP contribution < -0.4 is 10.2 Å². The van der Waals surface area contributed by atoms with Gasteiger partial charge in [-0.15, -0.1) is 0 Å². The summed E-state index contributed by atoms with van der Waals surface area (Å²) >= 11 is 1.59. The molecule has 2 aliphatic rings. The van der Waals surface area contributed by atoms with Crippen LogP contribution >= 0.6 is 11.8 Å². The summed E-state index contributed by atoms with van der Waals surface area (Å²) in [6.45, 7) is 11.8. The molecule has 2 heterocycles. The summed E-state index contributed by atoms with van der Waals surface area (Å²) in [6.07, 6.45) is 1.38. The maximum atomic E-state index is 12.2. The van der Waals surface area contributed by atoms with Gasteiger partial charge < -0.3 is 19.7 Å². The van der Waals surface area contributed by atoms with Crippen LogP contribution in [0, 0.1) is 0 Å². The zero-order chi connectivity index (χ0) is 21.2. The number of benzene rings is 1. The van der Waals surface area contributed by atoms with Crippen molar-refractivity contribution in [1.29, 1.82) is 0 Å². The first-order valence-corrected chi connectivity index (χ1v) is 10.6. The van der Waals surface area contributed by atoms with Crippen LogP contribution in [0.2, 0.25) is 0 Å². The van der Waals surface area contributed by atoms with Crippen LogP contribution in [-0.4, -0.2) is 43.4 Å². The molecule has 0 aromatic heterocycles. The van der Waals surface area contributed by atoms with E-state index < -0.39 is 11.9 Å². The second kappa shape index (κ2) is 8.49. The van der Waals surface area contributed by atoms with E-state index in [9.17, 15) is 9.59 Å². The highest BCUT2D eigenvalue weighted by Crippen LogP contribution is 2.48. The molecule has 0 bridgehead atoms. The lowest BCUT2D eigenvalue weighted by atomic mass is 9.86. The van der Waals surface area contributed by atoms with Gasteiger partial charge in [-0.05, 0) is 48.7 Å². The summed E-state index contributed by atoms with van der Waals surface area (Å²) < 4.78 is 10.0. The third-order valence-corrected chi connectivity index (χ3v) is 5.75. The number of rotatable bonds is 6. The Morgan fingerprint density at radius 1 is 1.21 bits per heavy atom. The van der Waals surface area contributed by atoms with E-state index in [-0.39, 0.29) is 24.2 Å². The van der Waals surface area contributed by atoms with E-state index in [2.05, 4.69) is 48.1 Å². The minimum atomic E-state index is -0.709. The molecule has 0 unspecified atom stereocenters. The summed E-state index contributed by atoms with van der Waals surface area (Å²) in [6, 6.07) is 4.25. The topological polar surface area (TPSA) is 80.2 Å². The highest BCUT2D eigenvalue weighted by molar-refractivity contribution is 8.15. The van der Waals surface area contributed by atoms with E-state index in [4.69, 9.17) is 9.47 Å². The van der Waals surface area contributed by atoms with Gasteiger partial charge >= 0.3 is 11.9 Å². The van der Waals surface area contributed by atoms with Crippen molar-refractivity contribution in [3.63, 3.8) is 0 Å². The van der Waals surface area contributed by atoms with Crippen molar-refractivity contribution in [2.24, 2.45) is 4.99 Å². The van der Waals surface area contributed by atoms with Crippen LogP contribution in [0.5, 0.6) is 0 Å². The van der Waals surface area contributed by atoms with Gasteiger partial charge in [0.1, 0.15) is 0 Å². The minimum absolute atomic E-state index is 0.0649. The van der Waals surface area contributed by atoms with E-state index >= 15 is 0 Å². The molecular weight excluding hydrogens is 390 g/mol. The van der Waals surface area contributed by atoms with Crippen LogP contribution in [0.25, 0.3) is 0 Å².